The van der Waals surface area contributed by atoms with E-state index in [0.29, 0.717) is 12.3 Å². The molecule has 1 atom stereocenters. The predicted octanol–water partition coefficient (Wildman–Crippen LogP) is 2.87. The van der Waals surface area contributed by atoms with E-state index in [1.807, 2.05) is 74.8 Å². The molecule has 0 aliphatic carbocycles. The van der Waals surface area contributed by atoms with Gasteiger partial charge in [0.05, 0.1) is 0 Å². The van der Waals surface area contributed by atoms with Crippen molar-refractivity contribution >= 4 is 5.91 Å². The van der Waals surface area contributed by atoms with Gasteiger partial charge < -0.3 is 15.0 Å². The van der Waals surface area contributed by atoms with Crippen LogP contribution in [-0.2, 0) is 4.79 Å². The van der Waals surface area contributed by atoms with Gasteiger partial charge in [0.15, 0.2) is 0 Å². The lowest BCUT2D eigenvalue weighted by atomic mass is 10.1. The van der Waals surface area contributed by atoms with Gasteiger partial charge in [-0.1, -0.05) is 48.5 Å². The largest absolute Gasteiger partial charge is 0.476 e. The Morgan fingerprint density at radius 3 is 2.26 bits per heavy atom. The van der Waals surface area contributed by atoms with Crippen LogP contribution in [-0.4, -0.2) is 38.0 Å². The highest BCUT2D eigenvalue weighted by molar-refractivity contribution is 5.82. The Kier molecular flexibility index (Phi) is 6.63. The lowest BCUT2D eigenvalue weighted by Crippen LogP contribution is -2.34. The van der Waals surface area contributed by atoms with Crippen LogP contribution in [0.15, 0.2) is 60.7 Å². The summed E-state index contributed by atoms with van der Waals surface area (Å²) >= 11 is 0. The van der Waals surface area contributed by atoms with Crippen LogP contribution in [0.4, 0.5) is 0 Å². The Morgan fingerprint density at radius 1 is 1.04 bits per heavy atom. The van der Waals surface area contributed by atoms with Gasteiger partial charge in [0.1, 0.15) is 5.75 Å². The molecule has 0 aromatic heterocycles. The fraction of sp³-hybridized carbons (Fsp3) is 0.316. The molecule has 1 amide bonds. The third kappa shape index (κ3) is 5.75. The Balaban J connectivity index is 2.03. The summed E-state index contributed by atoms with van der Waals surface area (Å²) in [6.07, 6.45) is 0.268. The van der Waals surface area contributed by atoms with E-state index >= 15 is 0 Å². The standard InChI is InChI=1S/C19H24N2O2/c1-21(2)15-9-14-20-19(22)18(16-10-5-3-6-11-16)23-17-12-7-4-8-13-17/h3-8,10-13,18H,9,14-15H2,1-2H3,(H,20,22). The highest BCUT2D eigenvalue weighted by Crippen LogP contribution is 2.21. The third-order valence-electron chi connectivity index (χ3n) is 3.42. The first-order chi connectivity index (χ1) is 11.2. The zero-order chi connectivity index (χ0) is 16.5. The van der Waals surface area contributed by atoms with E-state index in [-0.39, 0.29) is 5.91 Å². The minimum absolute atomic E-state index is 0.112. The van der Waals surface area contributed by atoms with E-state index in [9.17, 15) is 4.79 Å². The lowest BCUT2D eigenvalue weighted by Gasteiger charge is -2.19. The highest BCUT2D eigenvalue weighted by Gasteiger charge is 2.22. The number of para-hydroxylation sites is 1. The molecule has 0 aliphatic heterocycles. The fourth-order valence-corrected chi connectivity index (χ4v) is 2.24. The molecule has 1 N–H and O–H groups in total. The predicted molar refractivity (Wildman–Crippen MR) is 92.4 cm³/mol. The molecule has 122 valence electrons. The molecule has 0 spiro atoms. The minimum atomic E-state index is -0.641. The third-order valence-corrected chi connectivity index (χ3v) is 3.42. The second kappa shape index (κ2) is 8.96. The van der Waals surface area contributed by atoms with Crippen LogP contribution in [0.3, 0.4) is 0 Å². The number of rotatable bonds is 8. The monoisotopic (exact) mass is 312 g/mol. The Bertz CT molecular complexity index is 585. The summed E-state index contributed by atoms with van der Waals surface area (Å²) in [7, 11) is 4.04. The van der Waals surface area contributed by atoms with Crippen LogP contribution in [0.5, 0.6) is 5.75 Å². The lowest BCUT2D eigenvalue weighted by molar-refractivity contribution is -0.128. The molecule has 0 aliphatic rings. The van der Waals surface area contributed by atoms with Crippen molar-refractivity contribution in [3.05, 3.63) is 66.2 Å². The van der Waals surface area contributed by atoms with Crippen LogP contribution in [0.1, 0.15) is 18.1 Å². The molecular formula is C19H24N2O2. The van der Waals surface area contributed by atoms with Gasteiger partial charge in [-0.05, 0) is 39.2 Å². The summed E-state index contributed by atoms with van der Waals surface area (Å²) in [5.74, 6) is 0.573. The van der Waals surface area contributed by atoms with E-state index in [0.717, 1.165) is 18.5 Å². The summed E-state index contributed by atoms with van der Waals surface area (Å²) in [4.78, 5) is 14.6. The number of nitrogens with one attached hydrogen (secondary N) is 1. The molecule has 0 saturated heterocycles. The smallest absolute Gasteiger partial charge is 0.265 e. The highest BCUT2D eigenvalue weighted by atomic mass is 16.5. The van der Waals surface area contributed by atoms with Crippen LogP contribution in [0, 0.1) is 0 Å². The van der Waals surface area contributed by atoms with Crippen LogP contribution >= 0.6 is 0 Å². The first-order valence-corrected chi connectivity index (χ1v) is 7.86. The first-order valence-electron chi connectivity index (χ1n) is 7.86. The summed E-state index contributed by atoms with van der Waals surface area (Å²) in [6, 6.07) is 19.0. The molecule has 0 bridgehead atoms. The zero-order valence-corrected chi connectivity index (χ0v) is 13.7. The number of hydrogen-bond donors (Lipinski definition) is 1. The molecule has 23 heavy (non-hydrogen) atoms. The van der Waals surface area contributed by atoms with Crippen LogP contribution in [0.2, 0.25) is 0 Å². The van der Waals surface area contributed by atoms with E-state index in [4.69, 9.17) is 4.74 Å². The summed E-state index contributed by atoms with van der Waals surface area (Å²) < 4.78 is 5.92. The normalized spacial score (nSPS) is 12.0. The van der Waals surface area contributed by atoms with E-state index in [2.05, 4.69) is 10.2 Å². The zero-order valence-electron chi connectivity index (χ0n) is 13.7. The van der Waals surface area contributed by atoms with Crippen molar-refractivity contribution in [3.63, 3.8) is 0 Å². The number of carbonyl (C=O) groups is 1. The maximum Gasteiger partial charge on any atom is 0.265 e. The molecule has 2 aromatic rings. The van der Waals surface area contributed by atoms with Crippen molar-refractivity contribution < 1.29 is 9.53 Å². The number of ether oxygens (including phenoxy) is 1. The molecule has 0 radical (unpaired) electrons. The van der Waals surface area contributed by atoms with Crippen LogP contribution < -0.4 is 10.1 Å². The molecule has 1 unspecified atom stereocenters. The number of amides is 1. The van der Waals surface area contributed by atoms with Crippen molar-refractivity contribution in [3.8, 4) is 5.75 Å². The quantitative estimate of drug-likeness (QED) is 0.762. The maximum absolute atomic E-state index is 12.5. The molecule has 2 aromatic carbocycles. The second-order valence-corrected chi connectivity index (χ2v) is 5.67. The van der Waals surface area contributed by atoms with E-state index < -0.39 is 6.10 Å². The van der Waals surface area contributed by atoms with Gasteiger partial charge in [-0.15, -0.1) is 0 Å². The van der Waals surface area contributed by atoms with E-state index in [1.165, 1.54) is 0 Å². The first kappa shape index (κ1) is 17.0. The summed E-state index contributed by atoms with van der Waals surface area (Å²) in [5, 5.41) is 2.97. The van der Waals surface area contributed by atoms with Crippen molar-refractivity contribution in [1.82, 2.24) is 10.2 Å². The van der Waals surface area contributed by atoms with Gasteiger partial charge >= 0.3 is 0 Å². The maximum atomic E-state index is 12.5. The van der Waals surface area contributed by atoms with Gasteiger partial charge in [-0.3, -0.25) is 4.79 Å². The molecule has 0 heterocycles. The van der Waals surface area contributed by atoms with Gasteiger partial charge in [-0.2, -0.15) is 0 Å². The second-order valence-electron chi connectivity index (χ2n) is 5.67. The Hall–Kier alpha value is -2.33. The molecule has 4 nitrogen and oxygen atoms in total. The van der Waals surface area contributed by atoms with Crippen molar-refractivity contribution in [2.45, 2.75) is 12.5 Å². The number of carbonyl (C=O) groups excluding carboxylic acids is 1. The molecule has 2 rings (SSSR count). The van der Waals surface area contributed by atoms with Gasteiger partial charge in [0, 0.05) is 12.1 Å². The van der Waals surface area contributed by atoms with Gasteiger partial charge in [0.2, 0.25) is 6.10 Å². The minimum Gasteiger partial charge on any atom is -0.476 e. The fourth-order valence-electron chi connectivity index (χ4n) is 2.24. The van der Waals surface area contributed by atoms with Crippen molar-refractivity contribution in [2.24, 2.45) is 0 Å². The van der Waals surface area contributed by atoms with Crippen LogP contribution in [0.25, 0.3) is 0 Å². The average molecular weight is 312 g/mol. The van der Waals surface area contributed by atoms with Crippen molar-refractivity contribution in [1.29, 1.82) is 0 Å². The number of hydrogen-bond acceptors (Lipinski definition) is 3. The number of nitrogens with zero attached hydrogens (tertiary/aromatic N) is 1. The Labute approximate surface area is 138 Å². The number of benzene rings is 2. The molecule has 4 heteroatoms. The molecular weight excluding hydrogens is 288 g/mol. The average Bonchev–Trinajstić information content (AvgIpc) is 2.58. The SMILES string of the molecule is CN(C)CCCNC(=O)C(Oc1ccccc1)c1ccccc1. The summed E-state index contributed by atoms with van der Waals surface area (Å²) in [5.41, 5.74) is 0.849. The van der Waals surface area contributed by atoms with Gasteiger partial charge in [-0.25, -0.2) is 0 Å². The van der Waals surface area contributed by atoms with Crippen molar-refractivity contribution in [2.75, 3.05) is 27.2 Å². The molecule has 0 fully saturated rings. The summed E-state index contributed by atoms with van der Waals surface area (Å²) in [6.45, 7) is 1.58. The van der Waals surface area contributed by atoms with E-state index in [1.54, 1.807) is 0 Å². The Morgan fingerprint density at radius 2 is 1.65 bits per heavy atom. The van der Waals surface area contributed by atoms with Gasteiger partial charge in [0.25, 0.3) is 5.91 Å². The molecule has 0 saturated carbocycles. The topological polar surface area (TPSA) is 41.6 Å².